The Hall–Kier alpha value is -2.04. The van der Waals surface area contributed by atoms with Crippen LogP contribution in [0.15, 0.2) is 24.3 Å². The van der Waals surface area contributed by atoms with Gasteiger partial charge in [0.25, 0.3) is 0 Å². The van der Waals surface area contributed by atoms with E-state index >= 15 is 0 Å². The summed E-state index contributed by atoms with van der Waals surface area (Å²) < 4.78 is 5.29. The molecule has 0 heterocycles. The summed E-state index contributed by atoms with van der Waals surface area (Å²) in [5.41, 5.74) is 0.636. The van der Waals surface area contributed by atoms with E-state index in [2.05, 4.69) is 0 Å². The van der Waals surface area contributed by atoms with E-state index in [-0.39, 0.29) is 0 Å². The topological polar surface area (TPSA) is 66.8 Å². The maximum absolute atomic E-state index is 11.8. The number of carbonyl (C=O) groups excluding carboxylic acids is 1. The molecular formula is C13H17NO4. The normalized spacial score (nSPS) is 11.7. The molecule has 5 heteroatoms. The molecule has 1 unspecified atom stereocenters. The van der Waals surface area contributed by atoms with Crippen molar-refractivity contribution in [1.29, 1.82) is 0 Å². The van der Waals surface area contributed by atoms with Crippen molar-refractivity contribution in [3.05, 3.63) is 24.3 Å². The van der Waals surface area contributed by atoms with Gasteiger partial charge in [-0.05, 0) is 38.1 Å². The number of ether oxygens (including phenoxy) is 1. The van der Waals surface area contributed by atoms with Crippen molar-refractivity contribution in [3.8, 4) is 5.75 Å². The Bertz CT molecular complexity index is 427. The summed E-state index contributed by atoms with van der Waals surface area (Å²) in [5, 5.41) is 8.79. The summed E-state index contributed by atoms with van der Waals surface area (Å²) in [6.07, 6.45) is 0. The predicted octanol–water partition coefficient (Wildman–Crippen LogP) is 1.77. The van der Waals surface area contributed by atoms with Gasteiger partial charge in [-0.3, -0.25) is 9.59 Å². The molecule has 1 amide bonds. The van der Waals surface area contributed by atoms with Gasteiger partial charge < -0.3 is 14.7 Å². The van der Waals surface area contributed by atoms with Crippen LogP contribution in [0.3, 0.4) is 0 Å². The second-order valence-electron chi connectivity index (χ2n) is 3.88. The summed E-state index contributed by atoms with van der Waals surface area (Å²) >= 11 is 0. The van der Waals surface area contributed by atoms with E-state index in [0.29, 0.717) is 18.0 Å². The number of aliphatic carboxylic acids is 1. The van der Waals surface area contributed by atoms with Crippen LogP contribution in [0.25, 0.3) is 0 Å². The molecule has 0 spiro atoms. The minimum atomic E-state index is -1.13. The van der Waals surface area contributed by atoms with Gasteiger partial charge >= 0.3 is 5.97 Å². The van der Waals surface area contributed by atoms with Gasteiger partial charge in [-0.1, -0.05) is 0 Å². The summed E-state index contributed by atoms with van der Waals surface area (Å²) in [6.45, 7) is 3.83. The van der Waals surface area contributed by atoms with Gasteiger partial charge in [-0.2, -0.15) is 0 Å². The number of nitrogens with zero attached hydrogens (tertiary/aromatic N) is 1. The number of hydrogen-bond donors (Lipinski definition) is 1. The fraction of sp³-hybridized carbons (Fsp3) is 0.385. The van der Waals surface area contributed by atoms with Crippen LogP contribution in [0.5, 0.6) is 5.75 Å². The molecule has 18 heavy (non-hydrogen) atoms. The zero-order chi connectivity index (χ0) is 13.7. The van der Waals surface area contributed by atoms with Crippen LogP contribution in [-0.4, -0.2) is 30.6 Å². The molecule has 1 N–H and O–H groups in total. The molecule has 0 fully saturated rings. The number of anilines is 1. The first-order valence-corrected chi connectivity index (χ1v) is 5.70. The number of amides is 1. The molecule has 0 saturated carbocycles. The molecule has 0 aliphatic heterocycles. The van der Waals surface area contributed by atoms with Gasteiger partial charge in [0, 0.05) is 12.7 Å². The monoisotopic (exact) mass is 251 g/mol. The highest BCUT2D eigenvalue weighted by molar-refractivity contribution is 6.05. The predicted molar refractivity (Wildman–Crippen MR) is 67.8 cm³/mol. The van der Waals surface area contributed by atoms with Crippen molar-refractivity contribution >= 4 is 17.6 Å². The minimum Gasteiger partial charge on any atom is -0.494 e. The van der Waals surface area contributed by atoms with Gasteiger partial charge in [0.15, 0.2) is 0 Å². The summed E-state index contributed by atoms with van der Waals surface area (Å²) in [4.78, 5) is 23.9. The molecule has 1 rings (SSSR count). The average molecular weight is 251 g/mol. The van der Waals surface area contributed by atoms with Crippen molar-refractivity contribution in [2.24, 2.45) is 5.92 Å². The second kappa shape index (κ2) is 6.05. The Balaban J connectivity index is 2.80. The summed E-state index contributed by atoms with van der Waals surface area (Å²) in [5.74, 6) is -1.92. The third kappa shape index (κ3) is 3.23. The Morgan fingerprint density at radius 1 is 1.33 bits per heavy atom. The first-order valence-electron chi connectivity index (χ1n) is 5.70. The van der Waals surface area contributed by atoms with E-state index in [9.17, 15) is 9.59 Å². The minimum absolute atomic E-state index is 0.452. The second-order valence-corrected chi connectivity index (χ2v) is 3.88. The number of benzene rings is 1. The molecule has 0 aromatic heterocycles. The van der Waals surface area contributed by atoms with Crippen molar-refractivity contribution in [2.75, 3.05) is 18.6 Å². The van der Waals surface area contributed by atoms with Crippen LogP contribution in [-0.2, 0) is 9.59 Å². The smallest absolute Gasteiger partial charge is 0.315 e. The number of carboxylic acids is 1. The lowest BCUT2D eigenvalue weighted by molar-refractivity contribution is -0.145. The zero-order valence-electron chi connectivity index (χ0n) is 10.7. The standard InChI is InChI=1S/C13H17NO4/c1-4-18-11-7-5-10(6-8-11)14(3)12(15)9(2)13(16)17/h5-9H,4H2,1-3H3,(H,16,17). The number of carboxylic acid groups (broad SMARTS) is 1. The van der Waals surface area contributed by atoms with Crippen LogP contribution < -0.4 is 9.64 Å². The Kier molecular flexibility index (Phi) is 4.71. The lowest BCUT2D eigenvalue weighted by atomic mass is 10.1. The third-order valence-corrected chi connectivity index (χ3v) is 2.61. The van der Waals surface area contributed by atoms with Crippen molar-refractivity contribution in [2.45, 2.75) is 13.8 Å². The maximum Gasteiger partial charge on any atom is 0.315 e. The van der Waals surface area contributed by atoms with Crippen LogP contribution in [0, 0.1) is 5.92 Å². The molecule has 98 valence electrons. The molecule has 5 nitrogen and oxygen atoms in total. The van der Waals surface area contributed by atoms with E-state index in [1.165, 1.54) is 11.8 Å². The number of carbonyl (C=O) groups is 2. The molecule has 0 radical (unpaired) electrons. The third-order valence-electron chi connectivity index (χ3n) is 2.61. The first-order chi connectivity index (χ1) is 8.47. The fourth-order valence-electron chi connectivity index (χ4n) is 1.46. The van der Waals surface area contributed by atoms with E-state index in [0.717, 1.165) is 0 Å². The maximum atomic E-state index is 11.8. The molecule has 1 aromatic carbocycles. The van der Waals surface area contributed by atoms with Crippen molar-refractivity contribution in [3.63, 3.8) is 0 Å². The molecule has 1 aromatic rings. The van der Waals surface area contributed by atoms with E-state index in [1.54, 1.807) is 31.3 Å². The first kappa shape index (κ1) is 14.0. The van der Waals surface area contributed by atoms with Gasteiger partial charge in [0.05, 0.1) is 6.61 Å². The van der Waals surface area contributed by atoms with Gasteiger partial charge in [-0.25, -0.2) is 0 Å². The largest absolute Gasteiger partial charge is 0.494 e. The van der Waals surface area contributed by atoms with E-state index in [1.807, 2.05) is 6.92 Å². The fourth-order valence-corrected chi connectivity index (χ4v) is 1.46. The van der Waals surface area contributed by atoms with Crippen LogP contribution in [0.4, 0.5) is 5.69 Å². The highest BCUT2D eigenvalue weighted by Gasteiger charge is 2.24. The Morgan fingerprint density at radius 2 is 1.89 bits per heavy atom. The lowest BCUT2D eigenvalue weighted by Gasteiger charge is -2.19. The average Bonchev–Trinajstić information content (AvgIpc) is 2.37. The highest BCUT2D eigenvalue weighted by atomic mass is 16.5. The molecule has 0 bridgehead atoms. The summed E-state index contributed by atoms with van der Waals surface area (Å²) in [7, 11) is 1.55. The highest BCUT2D eigenvalue weighted by Crippen LogP contribution is 2.19. The van der Waals surface area contributed by atoms with Gasteiger partial charge in [0.2, 0.25) is 5.91 Å². The number of hydrogen-bond acceptors (Lipinski definition) is 3. The quantitative estimate of drug-likeness (QED) is 0.810. The van der Waals surface area contributed by atoms with Crippen molar-refractivity contribution < 1.29 is 19.4 Å². The molecule has 0 aliphatic carbocycles. The van der Waals surface area contributed by atoms with Gasteiger partial charge in [-0.15, -0.1) is 0 Å². The molecule has 0 aliphatic rings. The zero-order valence-corrected chi connectivity index (χ0v) is 10.7. The SMILES string of the molecule is CCOc1ccc(N(C)C(=O)C(C)C(=O)O)cc1. The van der Waals surface area contributed by atoms with Gasteiger partial charge in [0.1, 0.15) is 11.7 Å². The lowest BCUT2D eigenvalue weighted by Crippen LogP contribution is -2.35. The van der Waals surface area contributed by atoms with Crippen molar-refractivity contribution in [1.82, 2.24) is 0 Å². The Morgan fingerprint density at radius 3 is 2.33 bits per heavy atom. The molecule has 1 atom stereocenters. The number of rotatable bonds is 5. The van der Waals surface area contributed by atoms with E-state index < -0.39 is 17.8 Å². The van der Waals surface area contributed by atoms with E-state index in [4.69, 9.17) is 9.84 Å². The van der Waals surface area contributed by atoms with Crippen LogP contribution >= 0.6 is 0 Å². The Labute approximate surface area is 106 Å². The van der Waals surface area contributed by atoms with Crippen LogP contribution in [0.1, 0.15) is 13.8 Å². The van der Waals surface area contributed by atoms with Crippen LogP contribution in [0.2, 0.25) is 0 Å². The summed E-state index contributed by atoms with van der Waals surface area (Å²) in [6, 6.07) is 6.93. The molecule has 0 saturated heterocycles. The molecular weight excluding hydrogens is 234 g/mol.